The van der Waals surface area contributed by atoms with Crippen LogP contribution >= 0.6 is 11.3 Å². The number of rotatable bonds is 8. The van der Waals surface area contributed by atoms with Crippen LogP contribution in [0.1, 0.15) is 23.5 Å². The number of hydrogen-bond acceptors (Lipinski definition) is 5. The zero-order chi connectivity index (χ0) is 17.4. The number of aryl methyl sites for hydroxylation is 2. The lowest BCUT2D eigenvalue weighted by Gasteiger charge is -2.10. The first-order valence-corrected chi connectivity index (χ1v) is 8.70. The smallest absolute Gasteiger partial charge is 0.193 e. The average molecular weight is 348 g/mol. The largest absolute Gasteiger partial charge is 0.493 e. The second kappa shape index (κ2) is 9.12. The monoisotopic (exact) mass is 348 g/mol. The molecule has 24 heavy (non-hydrogen) atoms. The van der Waals surface area contributed by atoms with Gasteiger partial charge in [0.25, 0.3) is 0 Å². The summed E-state index contributed by atoms with van der Waals surface area (Å²) in [6.07, 6.45) is 3.03. The van der Waals surface area contributed by atoms with Gasteiger partial charge >= 0.3 is 0 Å². The van der Waals surface area contributed by atoms with Gasteiger partial charge in [0.05, 0.1) is 19.2 Å². The van der Waals surface area contributed by atoms with E-state index in [0.717, 1.165) is 30.6 Å². The molecule has 1 aromatic heterocycles. The Balaban J connectivity index is 1.77. The maximum absolute atomic E-state index is 5.92. The number of guanidine groups is 1. The standard InChI is InChI=1S/C17H24N4O2S/c1-12-11-24-16(20-12)6-4-5-9-19-17(18)21-13-7-8-14(22-2)15(10-13)23-3/h7-8,10-11H,4-6,9H2,1-3H3,(H3,18,19,21). The Bertz CT molecular complexity index is 685. The van der Waals surface area contributed by atoms with Crippen LogP contribution in [0.25, 0.3) is 0 Å². The van der Waals surface area contributed by atoms with Gasteiger partial charge in [-0.1, -0.05) is 0 Å². The van der Waals surface area contributed by atoms with Crippen molar-refractivity contribution in [1.82, 2.24) is 4.98 Å². The Kier molecular flexibility index (Phi) is 6.87. The molecule has 0 aliphatic rings. The zero-order valence-corrected chi connectivity index (χ0v) is 15.2. The predicted octanol–water partition coefficient (Wildman–Crippen LogP) is 3.22. The van der Waals surface area contributed by atoms with E-state index in [1.807, 2.05) is 25.1 Å². The van der Waals surface area contributed by atoms with E-state index in [9.17, 15) is 0 Å². The van der Waals surface area contributed by atoms with Gasteiger partial charge in [0.15, 0.2) is 17.5 Å². The molecule has 0 fully saturated rings. The summed E-state index contributed by atoms with van der Waals surface area (Å²) in [5, 5.41) is 6.33. The average Bonchev–Trinajstić information content (AvgIpc) is 2.99. The first kappa shape index (κ1) is 18.1. The zero-order valence-electron chi connectivity index (χ0n) is 14.3. The van der Waals surface area contributed by atoms with Crippen LogP contribution < -0.4 is 20.5 Å². The molecule has 0 amide bonds. The van der Waals surface area contributed by atoms with Crippen LogP contribution in [0, 0.1) is 6.92 Å². The van der Waals surface area contributed by atoms with Crippen molar-refractivity contribution in [2.24, 2.45) is 10.7 Å². The third-order valence-electron chi connectivity index (χ3n) is 3.40. The number of methoxy groups -OCH3 is 2. The highest BCUT2D eigenvalue weighted by molar-refractivity contribution is 7.09. The number of hydrogen-bond donors (Lipinski definition) is 2. The molecule has 2 aromatic rings. The molecule has 7 heteroatoms. The van der Waals surface area contributed by atoms with Gasteiger partial charge in [-0.25, -0.2) is 4.98 Å². The minimum Gasteiger partial charge on any atom is -0.493 e. The molecule has 1 aromatic carbocycles. The van der Waals surface area contributed by atoms with Gasteiger partial charge in [-0.2, -0.15) is 0 Å². The number of nitrogens with one attached hydrogen (secondary N) is 1. The lowest BCUT2D eigenvalue weighted by molar-refractivity contribution is 0.355. The molecule has 2 rings (SSSR count). The summed E-state index contributed by atoms with van der Waals surface area (Å²) >= 11 is 1.72. The molecule has 0 unspecified atom stereocenters. The highest BCUT2D eigenvalue weighted by Crippen LogP contribution is 2.29. The van der Waals surface area contributed by atoms with Gasteiger partial charge in [0.2, 0.25) is 0 Å². The summed E-state index contributed by atoms with van der Waals surface area (Å²) in [4.78, 5) is 8.80. The Morgan fingerprint density at radius 1 is 1.25 bits per heavy atom. The molecule has 0 aliphatic carbocycles. The lowest BCUT2D eigenvalue weighted by Crippen LogP contribution is -2.22. The molecule has 6 nitrogen and oxygen atoms in total. The summed E-state index contributed by atoms with van der Waals surface area (Å²) in [5.41, 5.74) is 7.83. The Morgan fingerprint density at radius 3 is 2.71 bits per heavy atom. The number of thiazole rings is 1. The molecule has 0 saturated heterocycles. The SMILES string of the molecule is COc1ccc(NC(N)=NCCCCc2nc(C)cs2)cc1OC. The van der Waals surface area contributed by atoms with Gasteiger partial charge in [0, 0.05) is 29.4 Å². The van der Waals surface area contributed by atoms with Gasteiger partial charge < -0.3 is 20.5 Å². The van der Waals surface area contributed by atoms with E-state index >= 15 is 0 Å². The summed E-state index contributed by atoms with van der Waals surface area (Å²) in [5.74, 6) is 1.72. The van der Waals surface area contributed by atoms with Gasteiger partial charge in [-0.05, 0) is 38.3 Å². The van der Waals surface area contributed by atoms with Crippen LogP contribution in [0.2, 0.25) is 0 Å². The summed E-state index contributed by atoms with van der Waals surface area (Å²) in [6, 6.07) is 5.52. The number of nitrogens with zero attached hydrogens (tertiary/aromatic N) is 2. The number of ether oxygens (including phenoxy) is 2. The van der Waals surface area contributed by atoms with Crippen molar-refractivity contribution in [3.63, 3.8) is 0 Å². The van der Waals surface area contributed by atoms with Crippen molar-refractivity contribution in [1.29, 1.82) is 0 Å². The predicted molar refractivity (Wildman–Crippen MR) is 99.4 cm³/mol. The van der Waals surface area contributed by atoms with E-state index in [-0.39, 0.29) is 0 Å². The number of anilines is 1. The van der Waals surface area contributed by atoms with Crippen LogP contribution in [0.3, 0.4) is 0 Å². The molecule has 0 bridgehead atoms. The Morgan fingerprint density at radius 2 is 2.04 bits per heavy atom. The third-order valence-corrected chi connectivity index (χ3v) is 4.43. The fourth-order valence-corrected chi connectivity index (χ4v) is 3.02. The second-order valence-corrected chi connectivity index (χ2v) is 6.24. The van der Waals surface area contributed by atoms with Crippen molar-refractivity contribution in [2.75, 3.05) is 26.1 Å². The Hall–Kier alpha value is -2.28. The van der Waals surface area contributed by atoms with E-state index in [1.54, 1.807) is 25.6 Å². The van der Waals surface area contributed by atoms with Gasteiger partial charge in [0.1, 0.15) is 0 Å². The number of unbranched alkanes of at least 4 members (excludes halogenated alkanes) is 1. The van der Waals surface area contributed by atoms with Crippen molar-refractivity contribution >= 4 is 23.0 Å². The van der Waals surface area contributed by atoms with Crippen LogP contribution in [0.5, 0.6) is 11.5 Å². The summed E-state index contributed by atoms with van der Waals surface area (Å²) < 4.78 is 10.5. The molecular weight excluding hydrogens is 324 g/mol. The molecule has 130 valence electrons. The minimum absolute atomic E-state index is 0.396. The molecule has 0 atom stereocenters. The molecule has 0 aliphatic heterocycles. The summed E-state index contributed by atoms with van der Waals surface area (Å²) in [6.45, 7) is 2.71. The lowest BCUT2D eigenvalue weighted by atomic mass is 10.2. The van der Waals surface area contributed by atoms with Gasteiger partial charge in [-0.15, -0.1) is 11.3 Å². The molecule has 0 radical (unpaired) electrons. The summed E-state index contributed by atoms with van der Waals surface area (Å²) in [7, 11) is 3.21. The number of nitrogens with two attached hydrogens (primary N) is 1. The van der Waals surface area contributed by atoms with Crippen LogP contribution in [-0.4, -0.2) is 31.7 Å². The molecular formula is C17H24N4O2S. The normalized spacial score (nSPS) is 11.4. The van der Waals surface area contributed by atoms with E-state index in [0.29, 0.717) is 24.0 Å². The van der Waals surface area contributed by atoms with E-state index in [4.69, 9.17) is 15.2 Å². The number of aliphatic imine (C=N–C) groups is 1. The number of benzene rings is 1. The molecule has 1 heterocycles. The van der Waals surface area contributed by atoms with Crippen LogP contribution in [0.15, 0.2) is 28.6 Å². The first-order chi connectivity index (χ1) is 11.6. The minimum atomic E-state index is 0.396. The van der Waals surface area contributed by atoms with Crippen molar-refractivity contribution in [3.8, 4) is 11.5 Å². The van der Waals surface area contributed by atoms with E-state index < -0.39 is 0 Å². The van der Waals surface area contributed by atoms with E-state index in [1.165, 1.54) is 5.01 Å². The topological polar surface area (TPSA) is 81.8 Å². The first-order valence-electron chi connectivity index (χ1n) is 7.82. The maximum atomic E-state index is 5.92. The number of aromatic nitrogens is 1. The maximum Gasteiger partial charge on any atom is 0.193 e. The molecule has 0 saturated carbocycles. The molecule has 0 spiro atoms. The highest BCUT2D eigenvalue weighted by Gasteiger charge is 2.05. The molecule has 3 N–H and O–H groups in total. The van der Waals surface area contributed by atoms with Gasteiger partial charge in [-0.3, -0.25) is 4.99 Å². The third kappa shape index (κ3) is 5.42. The quantitative estimate of drug-likeness (QED) is 0.435. The van der Waals surface area contributed by atoms with Crippen molar-refractivity contribution < 1.29 is 9.47 Å². The van der Waals surface area contributed by atoms with Crippen molar-refractivity contribution in [3.05, 3.63) is 34.3 Å². The Labute approximate surface area is 146 Å². The van der Waals surface area contributed by atoms with Crippen LogP contribution in [0.4, 0.5) is 5.69 Å². The fraction of sp³-hybridized carbons (Fsp3) is 0.412. The fourth-order valence-electron chi connectivity index (χ4n) is 2.21. The highest BCUT2D eigenvalue weighted by atomic mass is 32.1. The van der Waals surface area contributed by atoms with E-state index in [2.05, 4.69) is 20.7 Å². The van der Waals surface area contributed by atoms with Crippen molar-refractivity contribution in [2.45, 2.75) is 26.2 Å². The van der Waals surface area contributed by atoms with Crippen LogP contribution in [-0.2, 0) is 6.42 Å². The second-order valence-electron chi connectivity index (χ2n) is 5.30.